The lowest BCUT2D eigenvalue weighted by Gasteiger charge is -2.10. The Morgan fingerprint density at radius 2 is 2.14 bits per heavy atom. The van der Waals surface area contributed by atoms with E-state index in [9.17, 15) is 0 Å². The van der Waals surface area contributed by atoms with E-state index in [1.807, 2.05) is 37.4 Å². The van der Waals surface area contributed by atoms with E-state index >= 15 is 0 Å². The Morgan fingerprint density at radius 1 is 1.21 bits per heavy atom. The van der Waals surface area contributed by atoms with Gasteiger partial charge >= 0.3 is 0 Å². The molecule has 0 aliphatic carbocycles. The van der Waals surface area contributed by atoms with Crippen LogP contribution < -0.4 is 10.6 Å². The highest BCUT2D eigenvalue weighted by Crippen LogP contribution is 2.21. The Kier molecular flexibility index (Phi) is 4.88. The van der Waals surface area contributed by atoms with Gasteiger partial charge in [-0.25, -0.2) is 4.99 Å². The van der Waals surface area contributed by atoms with E-state index in [0.717, 1.165) is 22.1 Å². The van der Waals surface area contributed by atoms with Crippen LogP contribution in [0.1, 0.15) is 12.5 Å². The minimum atomic E-state index is 0.412. The second kappa shape index (κ2) is 7.79. The number of aliphatic imine (C=N–C) groups is 2. The maximum atomic E-state index is 4.56. The zero-order valence-electron chi connectivity index (χ0n) is 15.5. The Labute approximate surface area is 162 Å². The molecule has 2 aromatic carbocycles. The van der Waals surface area contributed by atoms with Crippen LogP contribution in [0.2, 0.25) is 0 Å². The quantitative estimate of drug-likeness (QED) is 0.313. The number of aromatic amines is 2. The molecule has 2 aromatic heterocycles. The Morgan fingerprint density at radius 3 is 3.00 bits per heavy atom. The number of benzene rings is 2. The number of guanidine groups is 1. The molecule has 0 aliphatic rings. The normalized spacial score (nSPS) is 12.5. The minimum Gasteiger partial charge on any atom is -0.366 e. The lowest BCUT2D eigenvalue weighted by molar-refractivity contribution is 0.798. The summed E-state index contributed by atoms with van der Waals surface area (Å²) in [7, 11) is 0. The third-order valence-corrected chi connectivity index (χ3v) is 4.47. The lowest BCUT2D eigenvalue weighted by Crippen LogP contribution is -2.16. The molecule has 0 atom stereocenters. The first-order valence-corrected chi connectivity index (χ1v) is 8.97. The third-order valence-electron chi connectivity index (χ3n) is 4.47. The van der Waals surface area contributed by atoms with Crippen LogP contribution in [-0.4, -0.2) is 27.9 Å². The smallest absolute Gasteiger partial charge is 0.228 e. The van der Waals surface area contributed by atoms with Gasteiger partial charge in [-0.2, -0.15) is 10.1 Å². The molecular weight excluding hydrogens is 350 g/mol. The molecule has 28 heavy (non-hydrogen) atoms. The second-order valence-electron chi connectivity index (χ2n) is 6.28. The number of anilines is 1. The van der Waals surface area contributed by atoms with Crippen LogP contribution >= 0.6 is 0 Å². The van der Waals surface area contributed by atoms with Crippen LogP contribution in [0.3, 0.4) is 0 Å². The molecular formula is C21H21N7. The zero-order chi connectivity index (χ0) is 19.3. The number of aromatic nitrogens is 3. The maximum absolute atomic E-state index is 4.56. The molecule has 0 aliphatic heterocycles. The fourth-order valence-corrected chi connectivity index (χ4v) is 3.03. The van der Waals surface area contributed by atoms with Crippen molar-refractivity contribution < 1.29 is 0 Å². The van der Waals surface area contributed by atoms with Crippen molar-refractivity contribution in [1.29, 1.82) is 0 Å². The summed E-state index contributed by atoms with van der Waals surface area (Å²) in [4.78, 5) is 11.8. The number of fused-ring (bicyclic) bond motifs is 2. The first-order valence-electron chi connectivity index (χ1n) is 8.97. The average molecular weight is 371 g/mol. The highest BCUT2D eigenvalue weighted by Gasteiger charge is 2.06. The molecule has 7 nitrogen and oxygen atoms in total. The van der Waals surface area contributed by atoms with E-state index in [0.29, 0.717) is 18.3 Å². The van der Waals surface area contributed by atoms with Gasteiger partial charge in [-0.15, -0.1) is 0 Å². The molecule has 0 saturated carbocycles. The molecule has 4 rings (SSSR count). The molecule has 0 fully saturated rings. The fourth-order valence-electron chi connectivity index (χ4n) is 3.03. The van der Waals surface area contributed by atoms with Crippen LogP contribution in [0, 0.1) is 0 Å². The van der Waals surface area contributed by atoms with Crippen molar-refractivity contribution in [1.82, 2.24) is 20.5 Å². The molecule has 0 unspecified atom stereocenters. The highest BCUT2D eigenvalue weighted by molar-refractivity contribution is 6.03. The highest BCUT2D eigenvalue weighted by atomic mass is 15.2. The van der Waals surface area contributed by atoms with Crippen molar-refractivity contribution in [2.45, 2.75) is 13.5 Å². The summed E-state index contributed by atoms with van der Waals surface area (Å²) in [6, 6.07) is 14.2. The Bertz CT molecular complexity index is 1180. The van der Waals surface area contributed by atoms with Crippen LogP contribution in [0.15, 0.2) is 76.7 Å². The summed E-state index contributed by atoms with van der Waals surface area (Å²) in [5.74, 6) is 1.12. The number of allylic oxidation sites excluding steroid dienone is 1. The van der Waals surface area contributed by atoms with Crippen LogP contribution in [0.5, 0.6) is 0 Å². The van der Waals surface area contributed by atoms with Crippen molar-refractivity contribution in [2.24, 2.45) is 9.98 Å². The number of rotatable bonds is 5. The Balaban J connectivity index is 1.49. The van der Waals surface area contributed by atoms with Gasteiger partial charge in [0.25, 0.3) is 0 Å². The maximum Gasteiger partial charge on any atom is 0.228 e. The molecule has 0 bridgehead atoms. The third kappa shape index (κ3) is 3.64. The standard InChI is InChI=1S/C21H21N7/c1-3-20(24-12-14-7-8-17-15(11-14)9-10-23-17)27-21(22-2)26-18-5-4-6-19-16(18)13-25-28-19/h3-11,13,23-24H,2,12H2,1H3,(H,25,28)(H,26,27)/b20-3-. The first-order chi connectivity index (χ1) is 13.8. The van der Waals surface area contributed by atoms with Gasteiger partial charge in [-0.1, -0.05) is 12.1 Å². The average Bonchev–Trinajstić information content (AvgIpc) is 3.39. The molecule has 0 amide bonds. The van der Waals surface area contributed by atoms with Gasteiger partial charge < -0.3 is 15.6 Å². The van der Waals surface area contributed by atoms with Gasteiger partial charge in [0.2, 0.25) is 5.96 Å². The summed E-state index contributed by atoms with van der Waals surface area (Å²) in [5.41, 5.74) is 4.11. The summed E-state index contributed by atoms with van der Waals surface area (Å²) in [6.07, 6.45) is 5.61. The fraction of sp³-hybridized carbons (Fsp3) is 0.0952. The molecule has 140 valence electrons. The summed E-state index contributed by atoms with van der Waals surface area (Å²) in [5, 5.41) is 15.7. The van der Waals surface area contributed by atoms with Gasteiger partial charge in [0.05, 0.1) is 17.4 Å². The molecule has 0 radical (unpaired) electrons. The van der Waals surface area contributed by atoms with Crippen molar-refractivity contribution in [3.63, 3.8) is 0 Å². The lowest BCUT2D eigenvalue weighted by atomic mass is 10.1. The van der Waals surface area contributed by atoms with Crippen molar-refractivity contribution in [3.8, 4) is 0 Å². The van der Waals surface area contributed by atoms with Crippen LogP contribution in [0.25, 0.3) is 21.8 Å². The number of nitrogens with zero attached hydrogens (tertiary/aromatic N) is 3. The summed E-state index contributed by atoms with van der Waals surface area (Å²) >= 11 is 0. The molecule has 2 heterocycles. The van der Waals surface area contributed by atoms with Crippen molar-refractivity contribution in [2.75, 3.05) is 5.32 Å². The summed E-state index contributed by atoms with van der Waals surface area (Å²) in [6.45, 7) is 6.22. The van der Waals surface area contributed by atoms with Crippen LogP contribution in [0.4, 0.5) is 5.69 Å². The van der Waals surface area contributed by atoms with Crippen LogP contribution in [-0.2, 0) is 6.54 Å². The predicted octanol–water partition coefficient (Wildman–Crippen LogP) is 4.16. The molecule has 0 spiro atoms. The van der Waals surface area contributed by atoms with Crippen molar-refractivity contribution >= 4 is 40.2 Å². The monoisotopic (exact) mass is 371 g/mol. The topological polar surface area (TPSA) is 93.2 Å². The SMILES string of the molecule is C=NC(=N/C(=C\C)NCc1ccc2[nH]ccc2c1)Nc1cccc2[nH]ncc12. The largest absolute Gasteiger partial charge is 0.366 e. The number of hydrogen-bond donors (Lipinski definition) is 4. The molecule has 4 N–H and O–H groups in total. The summed E-state index contributed by atoms with van der Waals surface area (Å²) < 4.78 is 0. The predicted molar refractivity (Wildman–Crippen MR) is 116 cm³/mol. The number of hydrogen-bond acceptors (Lipinski definition) is 3. The van der Waals surface area contributed by atoms with E-state index in [4.69, 9.17) is 0 Å². The second-order valence-corrected chi connectivity index (χ2v) is 6.28. The van der Waals surface area contributed by atoms with Gasteiger partial charge in [-0.3, -0.25) is 5.10 Å². The van der Waals surface area contributed by atoms with Gasteiger partial charge in [0.1, 0.15) is 5.82 Å². The molecule has 4 aromatic rings. The van der Waals surface area contributed by atoms with E-state index in [1.54, 1.807) is 6.20 Å². The van der Waals surface area contributed by atoms with E-state index in [-0.39, 0.29) is 0 Å². The zero-order valence-corrected chi connectivity index (χ0v) is 15.5. The van der Waals surface area contributed by atoms with E-state index in [1.165, 1.54) is 10.9 Å². The van der Waals surface area contributed by atoms with Gasteiger partial charge in [0.15, 0.2) is 0 Å². The van der Waals surface area contributed by atoms with Gasteiger partial charge in [0, 0.05) is 23.6 Å². The van der Waals surface area contributed by atoms with E-state index < -0.39 is 0 Å². The van der Waals surface area contributed by atoms with Crippen molar-refractivity contribution in [3.05, 3.63) is 72.3 Å². The number of nitrogens with one attached hydrogen (secondary N) is 4. The Hall–Kier alpha value is -3.87. The molecule has 7 heteroatoms. The number of H-pyrrole nitrogens is 2. The van der Waals surface area contributed by atoms with E-state index in [2.05, 4.69) is 66.8 Å². The first kappa shape index (κ1) is 17.5. The minimum absolute atomic E-state index is 0.412. The van der Waals surface area contributed by atoms with Gasteiger partial charge in [-0.05, 0) is 61.0 Å². The molecule has 0 saturated heterocycles.